The highest BCUT2D eigenvalue weighted by molar-refractivity contribution is 4.84. The Balaban J connectivity index is 2.29. The van der Waals surface area contributed by atoms with E-state index in [4.69, 9.17) is 0 Å². The summed E-state index contributed by atoms with van der Waals surface area (Å²) in [6.07, 6.45) is 25.2. The zero-order valence-electron chi connectivity index (χ0n) is 17.6. The molecule has 1 rings (SSSR count). The van der Waals surface area contributed by atoms with Gasteiger partial charge >= 0.3 is 0 Å². The molecule has 0 aliphatic carbocycles. The van der Waals surface area contributed by atoms with E-state index in [1.807, 2.05) is 0 Å². The van der Waals surface area contributed by atoms with Crippen LogP contribution in [0.15, 0.2) is 12.4 Å². The number of aryl methyl sites for hydroxylation is 2. The van der Waals surface area contributed by atoms with Crippen molar-refractivity contribution in [1.29, 1.82) is 0 Å². The maximum absolute atomic E-state index is 2.55. The quantitative estimate of drug-likeness (QED) is 0.215. The largest absolute Gasteiger partial charge is 0.256 e. The lowest BCUT2D eigenvalue weighted by atomic mass is 10.1. The number of rotatable bonds is 17. The molecule has 2 heteroatoms. The topological polar surface area (TPSA) is 8.81 Å². The van der Waals surface area contributed by atoms with Gasteiger partial charge in [-0.05, 0) is 25.7 Å². The van der Waals surface area contributed by atoms with Crippen LogP contribution in [0.2, 0.25) is 0 Å². The molecular weight excluding hydrogens is 304 g/mol. The van der Waals surface area contributed by atoms with Crippen molar-refractivity contribution in [3.8, 4) is 0 Å². The Bertz CT molecular complexity index is 408. The summed E-state index contributed by atoms with van der Waals surface area (Å²) in [4.78, 5) is 0. The van der Waals surface area contributed by atoms with E-state index < -0.39 is 0 Å². The first-order valence-electron chi connectivity index (χ1n) is 11.4. The van der Waals surface area contributed by atoms with Gasteiger partial charge in [0.05, 0.1) is 13.1 Å². The summed E-state index contributed by atoms with van der Waals surface area (Å²) in [5.41, 5.74) is 0. The van der Waals surface area contributed by atoms with Gasteiger partial charge in [0.2, 0.25) is 0 Å². The van der Waals surface area contributed by atoms with Gasteiger partial charge in [-0.3, -0.25) is 0 Å². The van der Waals surface area contributed by atoms with Crippen LogP contribution in [0.4, 0.5) is 0 Å². The molecule has 0 radical (unpaired) electrons. The van der Waals surface area contributed by atoms with Gasteiger partial charge in [-0.1, -0.05) is 85.0 Å². The second-order valence-corrected chi connectivity index (χ2v) is 7.74. The summed E-state index contributed by atoms with van der Waals surface area (Å²) >= 11 is 0. The van der Waals surface area contributed by atoms with E-state index in [0.717, 1.165) is 0 Å². The molecule has 0 fully saturated rings. The standard InChI is InChI=1S/C23H45N2/c1-4-7-10-11-12-13-14-15-17-20-25-22-21-24(19-9-6-3)23(25)18-16-8-5-2/h21-22H,4-20H2,1-3H3/q+1. The number of nitrogens with zero attached hydrogens (tertiary/aromatic N) is 2. The van der Waals surface area contributed by atoms with Crippen molar-refractivity contribution in [2.24, 2.45) is 0 Å². The molecule has 25 heavy (non-hydrogen) atoms. The molecule has 0 aliphatic heterocycles. The van der Waals surface area contributed by atoms with Gasteiger partial charge in [0.25, 0.3) is 5.82 Å². The van der Waals surface area contributed by atoms with Gasteiger partial charge in [-0.15, -0.1) is 0 Å². The summed E-state index contributed by atoms with van der Waals surface area (Å²) in [5, 5.41) is 0. The first-order valence-corrected chi connectivity index (χ1v) is 11.4. The van der Waals surface area contributed by atoms with Gasteiger partial charge in [0.1, 0.15) is 12.4 Å². The average molecular weight is 350 g/mol. The van der Waals surface area contributed by atoms with Crippen LogP contribution in [0.1, 0.15) is 116 Å². The van der Waals surface area contributed by atoms with Crippen LogP contribution in [-0.4, -0.2) is 4.57 Å². The summed E-state index contributed by atoms with van der Waals surface area (Å²) in [6.45, 7) is 9.30. The van der Waals surface area contributed by atoms with E-state index in [-0.39, 0.29) is 0 Å². The molecule has 0 amide bonds. The minimum Gasteiger partial charge on any atom is -0.234 e. The van der Waals surface area contributed by atoms with E-state index in [1.165, 1.54) is 109 Å². The molecule has 0 spiro atoms. The van der Waals surface area contributed by atoms with Crippen molar-refractivity contribution in [2.45, 2.75) is 130 Å². The van der Waals surface area contributed by atoms with E-state index in [1.54, 1.807) is 5.82 Å². The Morgan fingerprint density at radius 3 is 1.88 bits per heavy atom. The van der Waals surface area contributed by atoms with Gasteiger partial charge in [-0.25, -0.2) is 9.13 Å². The molecule has 0 unspecified atom stereocenters. The lowest BCUT2D eigenvalue weighted by Crippen LogP contribution is -2.37. The monoisotopic (exact) mass is 349 g/mol. The second-order valence-electron chi connectivity index (χ2n) is 7.74. The SMILES string of the molecule is CCCCCCCCCCC[n+]1ccn(CCCC)c1CCCCC. The number of aromatic nitrogens is 2. The van der Waals surface area contributed by atoms with Crippen molar-refractivity contribution in [3.05, 3.63) is 18.2 Å². The van der Waals surface area contributed by atoms with Crippen LogP contribution in [-0.2, 0) is 19.5 Å². The minimum atomic E-state index is 1.20. The number of imidazole rings is 1. The third kappa shape index (κ3) is 10.1. The van der Waals surface area contributed by atoms with Gasteiger partial charge in [-0.2, -0.15) is 0 Å². The fourth-order valence-corrected chi connectivity index (χ4v) is 3.65. The minimum absolute atomic E-state index is 1.20. The van der Waals surface area contributed by atoms with Crippen molar-refractivity contribution >= 4 is 0 Å². The molecule has 2 nitrogen and oxygen atoms in total. The zero-order chi connectivity index (χ0) is 18.2. The molecule has 1 aromatic rings. The smallest absolute Gasteiger partial charge is 0.234 e. The summed E-state index contributed by atoms with van der Waals surface area (Å²) in [5.74, 6) is 1.57. The van der Waals surface area contributed by atoms with Crippen LogP contribution < -0.4 is 4.57 Å². The molecule has 0 aromatic carbocycles. The van der Waals surface area contributed by atoms with E-state index in [2.05, 4.69) is 42.3 Å². The lowest BCUT2D eigenvalue weighted by Gasteiger charge is -2.06. The van der Waals surface area contributed by atoms with Crippen molar-refractivity contribution < 1.29 is 4.57 Å². The van der Waals surface area contributed by atoms with E-state index in [0.29, 0.717) is 0 Å². The van der Waals surface area contributed by atoms with Gasteiger partial charge in [0, 0.05) is 6.42 Å². The Morgan fingerprint density at radius 2 is 1.24 bits per heavy atom. The number of unbranched alkanes of at least 4 members (excludes halogenated alkanes) is 11. The number of hydrogen-bond acceptors (Lipinski definition) is 0. The fraction of sp³-hybridized carbons (Fsp3) is 0.870. The van der Waals surface area contributed by atoms with Crippen molar-refractivity contribution in [3.63, 3.8) is 0 Å². The predicted molar refractivity (Wildman–Crippen MR) is 110 cm³/mol. The van der Waals surface area contributed by atoms with Crippen molar-refractivity contribution in [2.75, 3.05) is 0 Å². The lowest BCUT2D eigenvalue weighted by molar-refractivity contribution is -0.704. The highest BCUT2D eigenvalue weighted by atomic mass is 15.1. The van der Waals surface area contributed by atoms with Gasteiger partial charge in [0.15, 0.2) is 0 Å². The van der Waals surface area contributed by atoms with E-state index in [9.17, 15) is 0 Å². The van der Waals surface area contributed by atoms with Gasteiger partial charge < -0.3 is 0 Å². The Hall–Kier alpha value is -0.790. The van der Waals surface area contributed by atoms with Crippen LogP contribution in [0.5, 0.6) is 0 Å². The Morgan fingerprint density at radius 1 is 0.680 bits per heavy atom. The van der Waals surface area contributed by atoms with Crippen molar-refractivity contribution in [1.82, 2.24) is 4.57 Å². The van der Waals surface area contributed by atoms with Crippen LogP contribution >= 0.6 is 0 Å². The highest BCUT2D eigenvalue weighted by Crippen LogP contribution is 2.10. The third-order valence-electron chi connectivity index (χ3n) is 5.35. The average Bonchev–Trinajstić information content (AvgIpc) is 3.00. The zero-order valence-corrected chi connectivity index (χ0v) is 17.6. The predicted octanol–water partition coefficient (Wildman–Crippen LogP) is 6.84. The number of hydrogen-bond donors (Lipinski definition) is 0. The summed E-state index contributed by atoms with van der Waals surface area (Å²) < 4.78 is 5.07. The maximum atomic E-state index is 2.55. The molecule has 0 aliphatic rings. The Kier molecular flexibility index (Phi) is 13.8. The molecular formula is C23H45N2+. The third-order valence-corrected chi connectivity index (χ3v) is 5.35. The molecule has 0 saturated carbocycles. The van der Waals surface area contributed by atoms with Crippen LogP contribution in [0.3, 0.4) is 0 Å². The molecule has 0 N–H and O–H groups in total. The molecule has 1 aromatic heterocycles. The van der Waals surface area contributed by atoms with Crippen LogP contribution in [0, 0.1) is 0 Å². The highest BCUT2D eigenvalue weighted by Gasteiger charge is 2.15. The molecule has 1 heterocycles. The summed E-state index contributed by atoms with van der Waals surface area (Å²) in [6, 6.07) is 0. The maximum Gasteiger partial charge on any atom is 0.256 e. The second kappa shape index (κ2) is 15.5. The fourth-order valence-electron chi connectivity index (χ4n) is 3.65. The molecule has 0 atom stereocenters. The Labute approximate surface area is 158 Å². The molecule has 0 saturated heterocycles. The first kappa shape index (κ1) is 22.3. The normalized spacial score (nSPS) is 11.3. The van der Waals surface area contributed by atoms with Crippen LogP contribution in [0.25, 0.3) is 0 Å². The molecule has 0 bridgehead atoms. The van der Waals surface area contributed by atoms with E-state index >= 15 is 0 Å². The summed E-state index contributed by atoms with van der Waals surface area (Å²) in [7, 11) is 0. The first-order chi connectivity index (χ1) is 12.3. The molecule has 146 valence electrons.